The summed E-state index contributed by atoms with van der Waals surface area (Å²) in [7, 11) is 0. The predicted octanol–water partition coefficient (Wildman–Crippen LogP) is 3.93. The van der Waals surface area contributed by atoms with Gasteiger partial charge in [0.1, 0.15) is 0 Å². The van der Waals surface area contributed by atoms with Crippen molar-refractivity contribution in [3.05, 3.63) is 29.6 Å². The van der Waals surface area contributed by atoms with E-state index in [1.165, 1.54) is 17.7 Å². The summed E-state index contributed by atoms with van der Waals surface area (Å²) < 4.78 is 0. The van der Waals surface area contributed by atoms with Gasteiger partial charge in [0.25, 0.3) is 0 Å². The molecule has 0 aliphatic rings. The van der Waals surface area contributed by atoms with Gasteiger partial charge >= 0.3 is 0 Å². The molecular formula is C13H21N. The fourth-order valence-corrected chi connectivity index (χ4v) is 1.79. The van der Waals surface area contributed by atoms with Crippen molar-refractivity contribution in [2.24, 2.45) is 5.41 Å². The monoisotopic (exact) mass is 191 g/mol. The molecule has 0 amide bonds. The minimum Gasteiger partial charge on any atom is -0.261 e. The maximum Gasteiger partial charge on any atom is 0.0432 e. The van der Waals surface area contributed by atoms with Crippen LogP contribution < -0.4 is 0 Å². The van der Waals surface area contributed by atoms with Crippen LogP contribution in [-0.4, -0.2) is 4.98 Å². The molecule has 14 heavy (non-hydrogen) atoms. The van der Waals surface area contributed by atoms with Crippen molar-refractivity contribution in [3.8, 4) is 0 Å². The standard InChI is InChI=1S/C13H21N/c1-10-6-7-12(14-9-10)11(2)8-13(3,4)5/h6-7,9,11H,8H2,1-5H3/t11-/m0/s1. The van der Waals surface area contributed by atoms with E-state index >= 15 is 0 Å². The Hall–Kier alpha value is -0.850. The molecule has 1 aromatic heterocycles. The summed E-state index contributed by atoms with van der Waals surface area (Å²) >= 11 is 0. The van der Waals surface area contributed by atoms with Crippen LogP contribution in [0.15, 0.2) is 18.3 Å². The molecule has 1 atom stereocenters. The summed E-state index contributed by atoms with van der Waals surface area (Å²) in [6.07, 6.45) is 3.14. The summed E-state index contributed by atoms with van der Waals surface area (Å²) in [6.45, 7) is 11.2. The highest BCUT2D eigenvalue weighted by atomic mass is 14.7. The topological polar surface area (TPSA) is 12.9 Å². The van der Waals surface area contributed by atoms with E-state index in [-0.39, 0.29) is 0 Å². The first-order valence-corrected chi connectivity index (χ1v) is 5.31. The molecule has 0 unspecified atom stereocenters. The molecule has 0 fully saturated rings. The van der Waals surface area contributed by atoms with E-state index in [9.17, 15) is 0 Å². The number of rotatable bonds is 2. The Kier molecular flexibility index (Phi) is 3.30. The molecule has 0 N–H and O–H groups in total. The second-order valence-corrected chi connectivity index (χ2v) is 5.43. The number of hydrogen-bond acceptors (Lipinski definition) is 1. The smallest absolute Gasteiger partial charge is 0.0432 e. The summed E-state index contributed by atoms with van der Waals surface area (Å²) in [5, 5.41) is 0. The van der Waals surface area contributed by atoms with E-state index in [1.807, 2.05) is 6.20 Å². The zero-order chi connectivity index (χ0) is 10.8. The second-order valence-electron chi connectivity index (χ2n) is 5.43. The molecule has 0 aromatic carbocycles. The lowest BCUT2D eigenvalue weighted by molar-refractivity contribution is 0.346. The molecule has 1 nitrogen and oxygen atoms in total. The van der Waals surface area contributed by atoms with Gasteiger partial charge in [-0.1, -0.05) is 33.8 Å². The van der Waals surface area contributed by atoms with Crippen LogP contribution in [-0.2, 0) is 0 Å². The van der Waals surface area contributed by atoms with Crippen molar-refractivity contribution in [1.82, 2.24) is 4.98 Å². The van der Waals surface area contributed by atoms with Crippen molar-refractivity contribution in [3.63, 3.8) is 0 Å². The van der Waals surface area contributed by atoms with Gasteiger partial charge in [0.2, 0.25) is 0 Å². The highest BCUT2D eigenvalue weighted by Crippen LogP contribution is 2.29. The Morgan fingerprint density at radius 1 is 1.29 bits per heavy atom. The molecule has 0 aliphatic carbocycles. The first-order chi connectivity index (χ1) is 6.38. The Morgan fingerprint density at radius 2 is 1.93 bits per heavy atom. The molecule has 1 heteroatoms. The molecule has 1 aromatic rings. The Labute approximate surface area is 87.6 Å². The molecule has 1 heterocycles. The van der Waals surface area contributed by atoms with Crippen molar-refractivity contribution in [2.45, 2.75) is 47.0 Å². The average Bonchev–Trinajstić information content (AvgIpc) is 2.02. The number of aromatic nitrogens is 1. The van der Waals surface area contributed by atoms with Gasteiger partial charge in [0.05, 0.1) is 0 Å². The van der Waals surface area contributed by atoms with Crippen LogP contribution in [0.3, 0.4) is 0 Å². The predicted molar refractivity (Wildman–Crippen MR) is 61.5 cm³/mol. The highest BCUT2D eigenvalue weighted by Gasteiger charge is 2.17. The van der Waals surface area contributed by atoms with Gasteiger partial charge in [-0.2, -0.15) is 0 Å². The lowest BCUT2D eigenvalue weighted by Gasteiger charge is -2.22. The van der Waals surface area contributed by atoms with Crippen LogP contribution in [0.2, 0.25) is 0 Å². The minimum absolute atomic E-state index is 0.381. The summed E-state index contributed by atoms with van der Waals surface area (Å²) in [6, 6.07) is 4.28. The molecule has 0 aliphatic heterocycles. The van der Waals surface area contributed by atoms with E-state index in [0.29, 0.717) is 11.3 Å². The molecule has 0 saturated carbocycles. The largest absolute Gasteiger partial charge is 0.261 e. The summed E-state index contributed by atoms with van der Waals surface area (Å²) in [5.41, 5.74) is 2.83. The first kappa shape index (κ1) is 11.2. The number of aryl methyl sites for hydroxylation is 1. The number of hydrogen-bond donors (Lipinski definition) is 0. The summed E-state index contributed by atoms with van der Waals surface area (Å²) in [5.74, 6) is 0.551. The number of nitrogens with zero attached hydrogens (tertiary/aromatic N) is 1. The molecule has 0 bridgehead atoms. The first-order valence-electron chi connectivity index (χ1n) is 5.31. The van der Waals surface area contributed by atoms with Gasteiger partial charge < -0.3 is 0 Å². The maximum atomic E-state index is 4.46. The van der Waals surface area contributed by atoms with E-state index in [2.05, 4.69) is 51.7 Å². The summed E-state index contributed by atoms with van der Waals surface area (Å²) in [4.78, 5) is 4.46. The molecular weight excluding hydrogens is 170 g/mol. The molecule has 0 saturated heterocycles. The van der Waals surface area contributed by atoms with Gasteiger partial charge in [-0.3, -0.25) is 4.98 Å². The fraction of sp³-hybridized carbons (Fsp3) is 0.615. The second kappa shape index (κ2) is 4.12. The van der Waals surface area contributed by atoms with Crippen LogP contribution >= 0.6 is 0 Å². The van der Waals surface area contributed by atoms with Crippen molar-refractivity contribution < 1.29 is 0 Å². The third-order valence-electron chi connectivity index (χ3n) is 2.36. The van der Waals surface area contributed by atoms with Gasteiger partial charge in [-0.05, 0) is 36.3 Å². The average molecular weight is 191 g/mol. The van der Waals surface area contributed by atoms with Gasteiger partial charge in [0.15, 0.2) is 0 Å². The Bertz CT molecular complexity index is 279. The molecule has 0 spiro atoms. The molecule has 78 valence electrons. The van der Waals surface area contributed by atoms with Crippen LogP contribution in [0.5, 0.6) is 0 Å². The minimum atomic E-state index is 0.381. The molecule has 1 rings (SSSR count). The zero-order valence-electron chi connectivity index (χ0n) is 9.96. The SMILES string of the molecule is Cc1ccc([C@@H](C)CC(C)(C)C)nc1. The van der Waals surface area contributed by atoms with Gasteiger partial charge in [-0.15, -0.1) is 0 Å². The Balaban J connectivity index is 2.70. The van der Waals surface area contributed by atoms with Crippen LogP contribution in [0.4, 0.5) is 0 Å². The van der Waals surface area contributed by atoms with Crippen LogP contribution in [0.25, 0.3) is 0 Å². The van der Waals surface area contributed by atoms with Crippen molar-refractivity contribution >= 4 is 0 Å². The van der Waals surface area contributed by atoms with E-state index < -0.39 is 0 Å². The third-order valence-corrected chi connectivity index (χ3v) is 2.36. The van der Waals surface area contributed by atoms with Crippen molar-refractivity contribution in [2.75, 3.05) is 0 Å². The Morgan fingerprint density at radius 3 is 2.36 bits per heavy atom. The van der Waals surface area contributed by atoms with Crippen molar-refractivity contribution in [1.29, 1.82) is 0 Å². The third kappa shape index (κ3) is 3.49. The van der Waals surface area contributed by atoms with Crippen LogP contribution in [0, 0.1) is 12.3 Å². The lowest BCUT2D eigenvalue weighted by atomic mass is 9.84. The highest BCUT2D eigenvalue weighted by molar-refractivity contribution is 5.15. The zero-order valence-corrected chi connectivity index (χ0v) is 9.96. The maximum absolute atomic E-state index is 4.46. The van der Waals surface area contributed by atoms with Gasteiger partial charge in [0, 0.05) is 11.9 Å². The van der Waals surface area contributed by atoms with Crippen LogP contribution in [0.1, 0.15) is 51.3 Å². The lowest BCUT2D eigenvalue weighted by Crippen LogP contribution is -2.10. The molecule has 0 radical (unpaired) electrons. The van der Waals surface area contributed by atoms with E-state index in [4.69, 9.17) is 0 Å². The van der Waals surface area contributed by atoms with E-state index in [1.54, 1.807) is 0 Å². The fourth-order valence-electron chi connectivity index (χ4n) is 1.79. The number of pyridine rings is 1. The van der Waals surface area contributed by atoms with E-state index in [0.717, 1.165) is 0 Å². The quantitative estimate of drug-likeness (QED) is 0.690. The van der Waals surface area contributed by atoms with Gasteiger partial charge in [-0.25, -0.2) is 0 Å². The normalized spacial score (nSPS) is 14.1.